The van der Waals surface area contributed by atoms with E-state index < -0.39 is 11.0 Å². The van der Waals surface area contributed by atoms with Crippen molar-refractivity contribution in [1.82, 2.24) is 5.48 Å². The van der Waals surface area contributed by atoms with Crippen molar-refractivity contribution >= 4 is 5.71 Å². The Morgan fingerprint density at radius 3 is 3.23 bits per heavy atom. The number of fused-ring (bicyclic) bond motifs is 1. The highest BCUT2D eigenvalue weighted by Crippen LogP contribution is 2.19. The van der Waals surface area contributed by atoms with Gasteiger partial charge in [0.1, 0.15) is 5.71 Å². The zero-order chi connectivity index (χ0) is 9.42. The van der Waals surface area contributed by atoms with E-state index >= 15 is 0 Å². The molecular weight excluding hydrogens is 178 g/mol. The van der Waals surface area contributed by atoms with Crippen molar-refractivity contribution in [2.24, 2.45) is 5.16 Å². The van der Waals surface area contributed by atoms with Crippen molar-refractivity contribution in [3.05, 3.63) is 33.7 Å². The summed E-state index contributed by atoms with van der Waals surface area (Å²) in [5.74, 6) is 0. The van der Waals surface area contributed by atoms with Crippen LogP contribution < -0.4 is 5.48 Å². The fraction of sp³-hybridized carbons (Fsp3) is 0.167. The Morgan fingerprint density at radius 2 is 2.54 bits per heavy atom. The molecule has 0 fully saturated rings. The lowest BCUT2D eigenvalue weighted by Gasteiger charge is -2.09. The van der Waals surface area contributed by atoms with E-state index in [4.69, 9.17) is 0 Å². The van der Waals surface area contributed by atoms with E-state index in [1.54, 1.807) is 0 Å². The molecule has 0 aromatic carbocycles. The highest BCUT2D eigenvalue weighted by Gasteiger charge is 2.34. The first-order chi connectivity index (χ1) is 6.20. The van der Waals surface area contributed by atoms with Crippen molar-refractivity contribution in [2.45, 2.75) is 6.10 Å². The molecule has 68 valence electrons. The number of hydrogen-bond acceptors (Lipinski definition) is 6. The number of allylic oxidation sites excluding steroid dienone is 1. The summed E-state index contributed by atoms with van der Waals surface area (Å²) >= 11 is 0. The van der Waals surface area contributed by atoms with Crippen LogP contribution in [-0.4, -0.2) is 21.8 Å². The Morgan fingerprint density at radius 1 is 1.77 bits per heavy atom. The monoisotopic (exact) mass is 183 g/mol. The lowest BCUT2D eigenvalue weighted by molar-refractivity contribution is -0.435. The molecule has 2 N–H and O–H groups in total. The molecular formula is C6H5N3O4. The lowest BCUT2D eigenvalue weighted by atomic mass is 10.1. The van der Waals surface area contributed by atoms with Crippen LogP contribution in [0.2, 0.25) is 0 Å². The molecule has 0 saturated carbocycles. The number of hydroxylamine groups is 1. The van der Waals surface area contributed by atoms with Gasteiger partial charge < -0.3 is 5.11 Å². The summed E-state index contributed by atoms with van der Waals surface area (Å²) < 4.78 is 0. The van der Waals surface area contributed by atoms with Gasteiger partial charge in [0.2, 0.25) is 0 Å². The smallest absolute Gasteiger partial charge is 0.306 e. The predicted molar refractivity (Wildman–Crippen MR) is 40.8 cm³/mol. The quantitative estimate of drug-likeness (QED) is 0.413. The van der Waals surface area contributed by atoms with E-state index in [0.717, 1.165) is 0 Å². The zero-order valence-electron chi connectivity index (χ0n) is 6.30. The maximum absolute atomic E-state index is 10.5. The number of nitrogens with one attached hydrogen (secondary N) is 1. The van der Waals surface area contributed by atoms with E-state index in [1.807, 2.05) is 0 Å². The molecule has 0 aromatic rings. The standard InChI is InChI=1S/C6H5N3O4/c10-4-2-1-3-5(8-13-7-3)6(4)9(11)12/h1-2,4,8,10H. The van der Waals surface area contributed by atoms with Crippen molar-refractivity contribution in [2.75, 3.05) is 0 Å². The van der Waals surface area contributed by atoms with Crippen LogP contribution in [0.1, 0.15) is 0 Å². The van der Waals surface area contributed by atoms with Gasteiger partial charge in [0, 0.05) is 0 Å². The molecule has 0 bridgehead atoms. The Balaban J connectivity index is 2.50. The first kappa shape index (κ1) is 7.74. The molecule has 7 heteroatoms. The number of aliphatic hydroxyl groups excluding tert-OH is 1. The minimum Gasteiger partial charge on any atom is -0.378 e. The van der Waals surface area contributed by atoms with Gasteiger partial charge >= 0.3 is 5.70 Å². The van der Waals surface area contributed by atoms with E-state index in [9.17, 15) is 15.2 Å². The summed E-state index contributed by atoms with van der Waals surface area (Å²) in [5, 5.41) is 23.2. The Hall–Kier alpha value is -1.89. The van der Waals surface area contributed by atoms with Gasteiger partial charge in [-0.3, -0.25) is 15.1 Å². The van der Waals surface area contributed by atoms with Gasteiger partial charge in [0.15, 0.2) is 11.8 Å². The van der Waals surface area contributed by atoms with Crippen molar-refractivity contribution in [3.8, 4) is 0 Å². The Kier molecular flexibility index (Phi) is 1.52. The number of oxime groups is 1. The second kappa shape index (κ2) is 2.56. The predicted octanol–water partition coefficient (Wildman–Crippen LogP) is -0.704. The van der Waals surface area contributed by atoms with Crippen LogP contribution in [0.15, 0.2) is 28.7 Å². The number of nitrogens with zero attached hydrogens (tertiary/aromatic N) is 2. The normalized spacial score (nSPS) is 24.7. The topological polar surface area (TPSA) is 97.0 Å². The van der Waals surface area contributed by atoms with Crippen LogP contribution in [0.4, 0.5) is 0 Å². The van der Waals surface area contributed by atoms with Gasteiger partial charge in [-0.2, -0.15) is 5.48 Å². The number of rotatable bonds is 1. The van der Waals surface area contributed by atoms with Gasteiger partial charge in [-0.1, -0.05) is 5.16 Å². The first-order valence-corrected chi connectivity index (χ1v) is 3.45. The summed E-state index contributed by atoms with van der Waals surface area (Å²) in [4.78, 5) is 14.3. The van der Waals surface area contributed by atoms with Crippen LogP contribution in [-0.2, 0) is 4.94 Å². The second-order valence-electron chi connectivity index (χ2n) is 2.49. The minimum atomic E-state index is -1.22. The molecule has 7 nitrogen and oxygen atoms in total. The van der Waals surface area contributed by atoms with Crippen molar-refractivity contribution in [3.63, 3.8) is 0 Å². The van der Waals surface area contributed by atoms with Crippen LogP contribution in [0.25, 0.3) is 0 Å². The Bertz CT molecular complexity index is 357. The van der Waals surface area contributed by atoms with Gasteiger partial charge in [0.05, 0.1) is 4.92 Å². The van der Waals surface area contributed by atoms with E-state index in [1.165, 1.54) is 12.2 Å². The first-order valence-electron chi connectivity index (χ1n) is 3.45. The summed E-state index contributed by atoms with van der Waals surface area (Å²) in [6.45, 7) is 0. The number of hydrogen-bond donors (Lipinski definition) is 2. The molecule has 1 aliphatic carbocycles. The molecule has 1 unspecified atom stereocenters. The third-order valence-corrected chi connectivity index (χ3v) is 1.72. The van der Waals surface area contributed by atoms with Crippen LogP contribution in [0.5, 0.6) is 0 Å². The molecule has 0 aromatic heterocycles. The fourth-order valence-corrected chi connectivity index (χ4v) is 1.13. The fourth-order valence-electron chi connectivity index (χ4n) is 1.13. The van der Waals surface area contributed by atoms with Gasteiger partial charge in [0.25, 0.3) is 0 Å². The molecule has 1 heterocycles. The molecule has 2 aliphatic rings. The SMILES string of the molecule is O=[N+]([O-])C1=C2NON=C2C=CC1O. The summed E-state index contributed by atoms with van der Waals surface area (Å²) in [7, 11) is 0. The minimum absolute atomic E-state index is 0.111. The highest BCUT2D eigenvalue weighted by atomic mass is 16.8. The van der Waals surface area contributed by atoms with Gasteiger partial charge in [-0.25, -0.2) is 0 Å². The maximum atomic E-state index is 10.5. The average molecular weight is 183 g/mol. The molecule has 13 heavy (non-hydrogen) atoms. The van der Waals surface area contributed by atoms with Crippen molar-refractivity contribution in [1.29, 1.82) is 0 Å². The largest absolute Gasteiger partial charge is 0.378 e. The van der Waals surface area contributed by atoms with Crippen molar-refractivity contribution < 1.29 is 15.0 Å². The molecule has 1 aliphatic heterocycles. The number of aliphatic hydroxyl groups is 1. The van der Waals surface area contributed by atoms with E-state index in [-0.39, 0.29) is 11.4 Å². The zero-order valence-corrected chi connectivity index (χ0v) is 6.30. The third-order valence-electron chi connectivity index (χ3n) is 1.72. The second-order valence-corrected chi connectivity index (χ2v) is 2.49. The third kappa shape index (κ3) is 1.05. The molecule has 0 amide bonds. The van der Waals surface area contributed by atoms with Gasteiger partial charge in [-0.15, -0.1) is 0 Å². The summed E-state index contributed by atoms with van der Waals surface area (Å²) in [5.41, 5.74) is 2.32. The van der Waals surface area contributed by atoms with Gasteiger partial charge in [-0.05, 0) is 12.2 Å². The summed E-state index contributed by atoms with van der Waals surface area (Å²) in [6.07, 6.45) is 1.50. The molecule has 1 atom stereocenters. The molecule has 0 saturated heterocycles. The molecule has 0 radical (unpaired) electrons. The molecule has 0 spiro atoms. The van der Waals surface area contributed by atoms with E-state index in [2.05, 4.69) is 15.6 Å². The van der Waals surface area contributed by atoms with Crippen LogP contribution in [0, 0.1) is 10.1 Å². The van der Waals surface area contributed by atoms with Crippen LogP contribution in [0.3, 0.4) is 0 Å². The maximum Gasteiger partial charge on any atom is 0.306 e. The van der Waals surface area contributed by atoms with E-state index in [0.29, 0.717) is 5.71 Å². The highest BCUT2D eigenvalue weighted by molar-refractivity contribution is 6.09. The molecule has 2 rings (SSSR count). The average Bonchev–Trinajstić information content (AvgIpc) is 2.50. The number of nitro groups is 1. The Labute approximate surface area is 72.1 Å². The summed E-state index contributed by atoms with van der Waals surface area (Å²) in [6, 6.07) is 0. The van der Waals surface area contributed by atoms with Crippen LogP contribution >= 0.6 is 0 Å². The lowest BCUT2D eigenvalue weighted by Crippen LogP contribution is -2.27.